The molecule has 0 spiro atoms. The van der Waals surface area contributed by atoms with Gasteiger partial charge >= 0.3 is 0 Å². The summed E-state index contributed by atoms with van der Waals surface area (Å²) in [6.07, 6.45) is 0.513. The third-order valence-electron chi connectivity index (χ3n) is 4.60. The van der Waals surface area contributed by atoms with Crippen LogP contribution in [0.2, 0.25) is 5.02 Å². The van der Waals surface area contributed by atoms with Crippen molar-refractivity contribution in [3.05, 3.63) is 57.5 Å². The van der Waals surface area contributed by atoms with E-state index >= 15 is 0 Å². The Kier molecular flexibility index (Phi) is 6.39. The molecular weight excluding hydrogens is 430 g/mol. The number of amides is 2. The summed E-state index contributed by atoms with van der Waals surface area (Å²) in [7, 11) is 0. The van der Waals surface area contributed by atoms with E-state index in [4.69, 9.17) is 11.6 Å². The fourth-order valence-electron chi connectivity index (χ4n) is 3.18. The maximum Gasteiger partial charge on any atom is 0.256 e. The number of benzene rings is 2. The normalized spacial score (nSPS) is 14.2. The van der Waals surface area contributed by atoms with Crippen LogP contribution >= 0.6 is 27.5 Å². The van der Waals surface area contributed by atoms with Gasteiger partial charge in [0.15, 0.2) is 0 Å². The first-order valence-electron chi connectivity index (χ1n) is 8.88. The number of piperazine rings is 1. The van der Waals surface area contributed by atoms with Crippen LogP contribution in [0.4, 0.5) is 11.4 Å². The first-order chi connectivity index (χ1) is 13.0. The average molecular weight is 451 g/mol. The third kappa shape index (κ3) is 4.45. The summed E-state index contributed by atoms with van der Waals surface area (Å²) in [6, 6.07) is 12.8. The van der Waals surface area contributed by atoms with Gasteiger partial charge in [0.25, 0.3) is 5.91 Å². The van der Waals surface area contributed by atoms with Crippen LogP contribution in [0.25, 0.3) is 0 Å². The van der Waals surface area contributed by atoms with Crippen LogP contribution in [0.3, 0.4) is 0 Å². The van der Waals surface area contributed by atoms with E-state index in [0.717, 1.165) is 10.2 Å². The zero-order chi connectivity index (χ0) is 19.4. The Morgan fingerprint density at radius 3 is 2.44 bits per heavy atom. The van der Waals surface area contributed by atoms with Crippen LogP contribution in [0.5, 0.6) is 0 Å². The monoisotopic (exact) mass is 449 g/mol. The minimum absolute atomic E-state index is 0.163. The van der Waals surface area contributed by atoms with Gasteiger partial charge in [0.05, 0.1) is 22.0 Å². The Morgan fingerprint density at radius 1 is 1.07 bits per heavy atom. The van der Waals surface area contributed by atoms with Gasteiger partial charge in [0.1, 0.15) is 0 Å². The van der Waals surface area contributed by atoms with Crippen molar-refractivity contribution in [3.63, 3.8) is 0 Å². The number of nitrogens with one attached hydrogen (secondary N) is 1. The third-order valence-corrected chi connectivity index (χ3v) is 5.60. The molecule has 1 saturated heterocycles. The predicted octanol–water partition coefficient (Wildman–Crippen LogP) is 4.41. The standard InChI is InChI=1S/C20H21BrClN3O2/c1-2-18(26)24-10-12-25(13-11-24)19-16(22)8-5-9-17(19)23-20(27)14-6-3-4-7-15(14)21/h3-9H,2,10-13H2,1H3,(H,23,27). The molecule has 7 heteroatoms. The Hall–Kier alpha value is -2.05. The maximum absolute atomic E-state index is 12.7. The van der Waals surface area contributed by atoms with Crippen molar-refractivity contribution in [2.75, 3.05) is 36.4 Å². The second-order valence-corrected chi connectivity index (χ2v) is 7.55. The zero-order valence-electron chi connectivity index (χ0n) is 15.0. The molecule has 1 heterocycles. The number of carbonyl (C=O) groups is 2. The Balaban J connectivity index is 1.81. The summed E-state index contributed by atoms with van der Waals surface area (Å²) >= 11 is 9.88. The molecule has 1 aliphatic rings. The molecule has 142 valence electrons. The molecule has 0 bridgehead atoms. The van der Waals surface area contributed by atoms with Gasteiger partial charge in [-0.25, -0.2) is 0 Å². The molecule has 2 aromatic carbocycles. The number of hydrogen-bond acceptors (Lipinski definition) is 3. The molecule has 0 aliphatic carbocycles. The fourth-order valence-corrected chi connectivity index (χ4v) is 3.93. The second kappa shape index (κ2) is 8.76. The molecule has 0 atom stereocenters. The van der Waals surface area contributed by atoms with Gasteiger partial charge < -0.3 is 15.1 Å². The number of carbonyl (C=O) groups excluding carboxylic acids is 2. The van der Waals surface area contributed by atoms with Gasteiger partial charge in [-0.15, -0.1) is 0 Å². The minimum atomic E-state index is -0.203. The highest BCUT2D eigenvalue weighted by Crippen LogP contribution is 2.35. The average Bonchev–Trinajstić information content (AvgIpc) is 2.68. The summed E-state index contributed by atoms with van der Waals surface area (Å²) < 4.78 is 0.734. The smallest absolute Gasteiger partial charge is 0.256 e. The van der Waals surface area contributed by atoms with Crippen LogP contribution < -0.4 is 10.2 Å². The van der Waals surface area contributed by atoms with Crippen molar-refractivity contribution in [1.29, 1.82) is 0 Å². The molecule has 1 fully saturated rings. The van der Waals surface area contributed by atoms with Gasteiger partial charge in [0, 0.05) is 37.1 Å². The lowest BCUT2D eigenvalue weighted by Crippen LogP contribution is -2.48. The number of nitrogens with zero attached hydrogens (tertiary/aromatic N) is 2. The van der Waals surface area contributed by atoms with Crippen molar-refractivity contribution >= 4 is 50.7 Å². The molecule has 0 aromatic heterocycles. The molecule has 0 unspecified atom stereocenters. The van der Waals surface area contributed by atoms with Crippen molar-refractivity contribution in [2.45, 2.75) is 13.3 Å². The molecule has 2 aromatic rings. The summed E-state index contributed by atoms with van der Waals surface area (Å²) in [6.45, 7) is 4.52. The van der Waals surface area contributed by atoms with Crippen molar-refractivity contribution in [2.24, 2.45) is 0 Å². The SMILES string of the molecule is CCC(=O)N1CCN(c2c(Cl)cccc2NC(=O)c2ccccc2Br)CC1. The largest absolute Gasteiger partial charge is 0.365 e. The lowest BCUT2D eigenvalue weighted by atomic mass is 10.1. The van der Waals surface area contributed by atoms with Crippen LogP contribution in [-0.2, 0) is 4.79 Å². The fraction of sp³-hybridized carbons (Fsp3) is 0.300. The van der Waals surface area contributed by atoms with Crippen LogP contribution in [0.1, 0.15) is 23.7 Å². The Bertz CT molecular complexity index is 851. The topological polar surface area (TPSA) is 52.7 Å². The number of hydrogen-bond donors (Lipinski definition) is 1. The molecule has 0 saturated carbocycles. The van der Waals surface area contributed by atoms with Gasteiger partial charge in [-0.1, -0.05) is 36.7 Å². The molecule has 3 rings (SSSR count). The van der Waals surface area contributed by atoms with E-state index < -0.39 is 0 Å². The van der Waals surface area contributed by atoms with E-state index in [2.05, 4.69) is 26.1 Å². The van der Waals surface area contributed by atoms with E-state index in [1.807, 2.05) is 48.2 Å². The molecule has 5 nitrogen and oxygen atoms in total. The molecule has 1 N–H and O–H groups in total. The molecule has 27 heavy (non-hydrogen) atoms. The lowest BCUT2D eigenvalue weighted by Gasteiger charge is -2.37. The quantitative estimate of drug-likeness (QED) is 0.750. The van der Waals surface area contributed by atoms with E-state index in [-0.39, 0.29) is 11.8 Å². The summed E-state index contributed by atoms with van der Waals surface area (Å²) in [4.78, 5) is 28.6. The van der Waals surface area contributed by atoms with E-state index in [1.165, 1.54) is 0 Å². The van der Waals surface area contributed by atoms with Crippen LogP contribution in [0, 0.1) is 0 Å². The molecule has 0 radical (unpaired) electrons. The maximum atomic E-state index is 12.7. The lowest BCUT2D eigenvalue weighted by molar-refractivity contribution is -0.131. The van der Waals surface area contributed by atoms with Crippen molar-refractivity contribution < 1.29 is 9.59 Å². The Morgan fingerprint density at radius 2 is 1.78 bits per heavy atom. The number of anilines is 2. The van der Waals surface area contributed by atoms with Crippen molar-refractivity contribution in [3.8, 4) is 0 Å². The highest BCUT2D eigenvalue weighted by atomic mass is 79.9. The van der Waals surface area contributed by atoms with Crippen molar-refractivity contribution in [1.82, 2.24) is 4.90 Å². The van der Waals surface area contributed by atoms with E-state index in [0.29, 0.717) is 48.9 Å². The molecule has 1 aliphatic heterocycles. The second-order valence-electron chi connectivity index (χ2n) is 6.29. The Labute approximate surface area is 172 Å². The first kappa shape index (κ1) is 19.7. The van der Waals surface area contributed by atoms with Gasteiger partial charge in [-0.05, 0) is 40.2 Å². The summed E-state index contributed by atoms with van der Waals surface area (Å²) in [5.41, 5.74) is 2.02. The minimum Gasteiger partial charge on any atom is -0.365 e. The van der Waals surface area contributed by atoms with Crippen LogP contribution in [-0.4, -0.2) is 42.9 Å². The van der Waals surface area contributed by atoms with E-state index in [9.17, 15) is 9.59 Å². The highest BCUT2D eigenvalue weighted by molar-refractivity contribution is 9.10. The van der Waals surface area contributed by atoms with Gasteiger partial charge in [0.2, 0.25) is 5.91 Å². The molecular formula is C20H21BrClN3O2. The predicted molar refractivity (Wildman–Crippen MR) is 113 cm³/mol. The summed E-state index contributed by atoms with van der Waals surface area (Å²) in [5, 5.41) is 3.55. The van der Waals surface area contributed by atoms with Crippen LogP contribution in [0.15, 0.2) is 46.9 Å². The molecule has 2 amide bonds. The summed E-state index contributed by atoms with van der Waals surface area (Å²) in [5.74, 6) is -0.0398. The first-order valence-corrected chi connectivity index (χ1v) is 10.1. The zero-order valence-corrected chi connectivity index (χ0v) is 17.4. The number of halogens is 2. The highest BCUT2D eigenvalue weighted by Gasteiger charge is 2.24. The van der Waals surface area contributed by atoms with Gasteiger partial charge in [-0.3, -0.25) is 9.59 Å². The van der Waals surface area contributed by atoms with E-state index in [1.54, 1.807) is 6.07 Å². The van der Waals surface area contributed by atoms with Gasteiger partial charge in [-0.2, -0.15) is 0 Å². The number of para-hydroxylation sites is 1. The number of rotatable bonds is 4.